The summed E-state index contributed by atoms with van der Waals surface area (Å²) < 4.78 is 106. The summed E-state index contributed by atoms with van der Waals surface area (Å²) in [6.07, 6.45) is -5.39. The Balaban J connectivity index is 1.50. The van der Waals surface area contributed by atoms with Crippen molar-refractivity contribution in [1.82, 2.24) is 19.6 Å². The average Bonchev–Trinajstić information content (AvgIpc) is 3.25. The van der Waals surface area contributed by atoms with Crippen molar-refractivity contribution in [2.45, 2.75) is 36.3 Å². The number of carbonyl (C=O) groups excluding carboxylic acids is 1. The first kappa shape index (κ1) is 26.5. The van der Waals surface area contributed by atoms with Crippen LogP contribution in [0.2, 0.25) is 0 Å². The Labute approximate surface area is 207 Å². The molecule has 196 valence electrons. The third kappa shape index (κ3) is 5.91. The van der Waals surface area contributed by atoms with Gasteiger partial charge in [0, 0.05) is 25.1 Å². The van der Waals surface area contributed by atoms with Crippen molar-refractivity contribution in [2.24, 2.45) is 0 Å². The molecule has 0 radical (unpaired) electrons. The zero-order valence-corrected chi connectivity index (χ0v) is 19.5. The molecular formula is C23H18F6N4O3S. The number of rotatable bonds is 6. The molecule has 2 unspecified atom stereocenters. The van der Waals surface area contributed by atoms with E-state index >= 15 is 0 Å². The molecule has 7 nitrogen and oxygen atoms in total. The lowest BCUT2D eigenvalue weighted by Crippen LogP contribution is -2.45. The number of hydrogen-bond acceptors (Lipinski definition) is 5. The molecule has 0 spiro atoms. The molecule has 37 heavy (non-hydrogen) atoms. The van der Waals surface area contributed by atoms with E-state index in [0.29, 0.717) is 10.5 Å². The lowest BCUT2D eigenvalue weighted by Gasteiger charge is -2.23. The maximum Gasteiger partial charge on any atom is 0.434 e. The quantitative estimate of drug-likeness (QED) is 0.476. The Morgan fingerprint density at radius 2 is 1.73 bits per heavy atom. The van der Waals surface area contributed by atoms with E-state index in [1.54, 1.807) is 0 Å². The normalized spacial score (nSPS) is 18.6. The van der Waals surface area contributed by atoms with Gasteiger partial charge in [-0.1, -0.05) is 0 Å². The van der Waals surface area contributed by atoms with Crippen molar-refractivity contribution in [2.75, 3.05) is 6.54 Å². The number of halogens is 6. The number of hydrogen-bond donors (Lipinski definition) is 1. The van der Waals surface area contributed by atoms with Crippen molar-refractivity contribution < 1.29 is 39.6 Å². The number of nitrogens with zero attached hydrogens (tertiary/aromatic N) is 3. The standard InChI is InChI=1S/C23H18F6N4O3S/c24-15-1-3-18(4-2-15)37(35,36)33-12-17(26)8-20(33)22(34)32-9-13-5-14(7-16(25)6-13)19-10-31-21(11-30-19)23(27,28)29/h1-7,10-11,17,20H,8-9,12H2,(H,32,34). The molecule has 1 fully saturated rings. The largest absolute Gasteiger partial charge is 0.434 e. The number of benzene rings is 2. The van der Waals surface area contributed by atoms with Gasteiger partial charge in [0.15, 0.2) is 5.69 Å². The van der Waals surface area contributed by atoms with Crippen LogP contribution in [0.15, 0.2) is 59.8 Å². The predicted octanol–water partition coefficient (Wildman–Crippen LogP) is 3.86. The highest BCUT2D eigenvalue weighted by molar-refractivity contribution is 7.89. The molecule has 2 atom stereocenters. The highest BCUT2D eigenvalue weighted by Gasteiger charge is 2.44. The van der Waals surface area contributed by atoms with E-state index in [4.69, 9.17) is 0 Å². The third-order valence-electron chi connectivity index (χ3n) is 5.59. The van der Waals surface area contributed by atoms with Gasteiger partial charge in [0.25, 0.3) is 0 Å². The van der Waals surface area contributed by atoms with E-state index in [0.717, 1.165) is 42.6 Å². The molecular weight excluding hydrogens is 526 g/mol. The van der Waals surface area contributed by atoms with Crippen LogP contribution in [-0.2, 0) is 27.5 Å². The highest BCUT2D eigenvalue weighted by atomic mass is 32.2. The fraction of sp³-hybridized carbons (Fsp3) is 0.261. The number of aromatic nitrogens is 2. The molecule has 4 rings (SSSR count). The summed E-state index contributed by atoms with van der Waals surface area (Å²) in [4.78, 5) is 19.4. The van der Waals surface area contributed by atoms with Crippen LogP contribution >= 0.6 is 0 Å². The third-order valence-corrected chi connectivity index (χ3v) is 7.48. The smallest absolute Gasteiger partial charge is 0.351 e. The first-order chi connectivity index (χ1) is 17.3. The second-order valence-electron chi connectivity index (χ2n) is 8.23. The molecule has 1 N–H and O–H groups in total. The molecule has 2 aromatic carbocycles. The van der Waals surface area contributed by atoms with Crippen LogP contribution in [0, 0.1) is 11.6 Å². The minimum Gasteiger partial charge on any atom is -0.351 e. The monoisotopic (exact) mass is 544 g/mol. The molecule has 0 bridgehead atoms. The molecule has 1 aromatic heterocycles. The summed E-state index contributed by atoms with van der Waals surface area (Å²) >= 11 is 0. The minimum absolute atomic E-state index is 0.0484. The van der Waals surface area contributed by atoms with Crippen LogP contribution in [0.4, 0.5) is 26.3 Å². The van der Waals surface area contributed by atoms with Crippen molar-refractivity contribution in [3.8, 4) is 11.3 Å². The molecule has 0 saturated carbocycles. The zero-order valence-electron chi connectivity index (χ0n) is 18.7. The van der Waals surface area contributed by atoms with E-state index in [9.17, 15) is 39.6 Å². The van der Waals surface area contributed by atoms with Crippen molar-refractivity contribution in [3.05, 3.63) is 77.8 Å². The van der Waals surface area contributed by atoms with E-state index in [1.807, 2.05) is 0 Å². The van der Waals surface area contributed by atoms with E-state index in [2.05, 4.69) is 15.3 Å². The fourth-order valence-corrected chi connectivity index (χ4v) is 5.46. The fourth-order valence-electron chi connectivity index (χ4n) is 3.83. The summed E-state index contributed by atoms with van der Waals surface area (Å²) in [6, 6.07) is 5.89. The van der Waals surface area contributed by atoms with Gasteiger partial charge >= 0.3 is 6.18 Å². The average molecular weight is 544 g/mol. The molecule has 2 heterocycles. The molecule has 1 amide bonds. The number of alkyl halides is 4. The second kappa shape index (κ2) is 10.1. The number of amides is 1. The van der Waals surface area contributed by atoms with Crippen LogP contribution < -0.4 is 5.32 Å². The summed E-state index contributed by atoms with van der Waals surface area (Å²) in [6.45, 7) is -0.871. The van der Waals surface area contributed by atoms with Gasteiger partial charge in [0.2, 0.25) is 15.9 Å². The number of sulfonamides is 1. The summed E-state index contributed by atoms with van der Waals surface area (Å²) in [5, 5.41) is 2.44. The Bertz CT molecular complexity index is 1400. The van der Waals surface area contributed by atoms with Crippen LogP contribution in [-0.4, -0.2) is 47.4 Å². The van der Waals surface area contributed by atoms with Gasteiger partial charge in [-0.25, -0.2) is 26.6 Å². The number of carbonyl (C=O) groups is 1. The minimum atomic E-state index is -4.69. The van der Waals surface area contributed by atoms with Gasteiger partial charge in [-0.3, -0.25) is 9.78 Å². The van der Waals surface area contributed by atoms with E-state index in [1.165, 1.54) is 6.07 Å². The Kier molecular flexibility index (Phi) is 7.24. The maximum absolute atomic E-state index is 14.2. The molecule has 0 aliphatic carbocycles. The molecule has 3 aromatic rings. The van der Waals surface area contributed by atoms with Gasteiger partial charge in [-0.15, -0.1) is 0 Å². The van der Waals surface area contributed by atoms with E-state index < -0.39 is 64.6 Å². The zero-order chi connectivity index (χ0) is 27.0. The van der Waals surface area contributed by atoms with Crippen LogP contribution in [0.25, 0.3) is 11.3 Å². The second-order valence-corrected chi connectivity index (χ2v) is 10.1. The first-order valence-corrected chi connectivity index (χ1v) is 12.2. The SMILES string of the molecule is O=C(NCc1cc(F)cc(-c2cnc(C(F)(F)F)cn2)c1)C1CC(F)CN1S(=O)(=O)c1ccc(F)cc1. The van der Waals surface area contributed by atoms with Crippen LogP contribution in [0.1, 0.15) is 17.7 Å². The topological polar surface area (TPSA) is 92.3 Å². The Morgan fingerprint density at radius 1 is 1.03 bits per heavy atom. The van der Waals surface area contributed by atoms with Gasteiger partial charge in [0.1, 0.15) is 23.8 Å². The lowest BCUT2D eigenvalue weighted by molar-refractivity contribution is -0.141. The molecule has 1 saturated heterocycles. The van der Waals surface area contributed by atoms with Gasteiger partial charge < -0.3 is 5.32 Å². The van der Waals surface area contributed by atoms with Gasteiger partial charge in [-0.2, -0.15) is 17.5 Å². The van der Waals surface area contributed by atoms with Gasteiger partial charge in [-0.05, 0) is 48.0 Å². The van der Waals surface area contributed by atoms with Crippen molar-refractivity contribution in [3.63, 3.8) is 0 Å². The summed E-state index contributed by atoms with van der Waals surface area (Å²) in [5.74, 6) is -2.28. The van der Waals surface area contributed by atoms with Gasteiger partial charge in [0.05, 0.1) is 23.0 Å². The maximum atomic E-state index is 14.2. The van der Waals surface area contributed by atoms with Crippen LogP contribution in [0.5, 0.6) is 0 Å². The molecule has 1 aliphatic rings. The van der Waals surface area contributed by atoms with Crippen molar-refractivity contribution >= 4 is 15.9 Å². The number of nitrogens with one attached hydrogen (secondary N) is 1. The highest BCUT2D eigenvalue weighted by Crippen LogP contribution is 2.29. The molecule has 14 heteroatoms. The molecule has 1 aliphatic heterocycles. The van der Waals surface area contributed by atoms with E-state index in [-0.39, 0.29) is 28.3 Å². The van der Waals surface area contributed by atoms with Crippen LogP contribution in [0.3, 0.4) is 0 Å². The predicted molar refractivity (Wildman–Crippen MR) is 118 cm³/mol. The lowest BCUT2D eigenvalue weighted by atomic mass is 10.1. The first-order valence-electron chi connectivity index (χ1n) is 10.7. The Morgan fingerprint density at radius 3 is 2.35 bits per heavy atom. The summed E-state index contributed by atoms with van der Waals surface area (Å²) in [5.41, 5.74) is -0.987. The van der Waals surface area contributed by atoms with Crippen molar-refractivity contribution in [1.29, 1.82) is 0 Å². The summed E-state index contributed by atoms with van der Waals surface area (Å²) in [7, 11) is -4.32. The Hall–Kier alpha value is -3.52.